The van der Waals surface area contributed by atoms with Crippen molar-refractivity contribution in [1.82, 2.24) is 15.4 Å². The highest BCUT2D eigenvalue weighted by molar-refractivity contribution is 7.89. The molecule has 23 heavy (non-hydrogen) atoms. The SMILES string of the molecule is CCN[C@H](C)CNC(=O)c1cc(S(=O)(=O)NC2CC2)ccc1C. The van der Waals surface area contributed by atoms with E-state index in [2.05, 4.69) is 15.4 Å². The van der Waals surface area contributed by atoms with Gasteiger partial charge in [-0.15, -0.1) is 0 Å². The molecule has 0 heterocycles. The van der Waals surface area contributed by atoms with Crippen molar-refractivity contribution in [3.8, 4) is 0 Å². The van der Waals surface area contributed by atoms with Crippen LogP contribution < -0.4 is 15.4 Å². The maximum absolute atomic E-state index is 12.3. The first-order valence-electron chi connectivity index (χ1n) is 7.98. The van der Waals surface area contributed by atoms with Crippen LogP contribution in [0.25, 0.3) is 0 Å². The largest absolute Gasteiger partial charge is 0.350 e. The lowest BCUT2D eigenvalue weighted by Crippen LogP contribution is -2.39. The molecule has 1 amide bonds. The van der Waals surface area contributed by atoms with Crippen molar-refractivity contribution >= 4 is 15.9 Å². The second-order valence-electron chi connectivity index (χ2n) is 6.04. The van der Waals surface area contributed by atoms with Crippen LogP contribution in [0.5, 0.6) is 0 Å². The third kappa shape index (κ3) is 5.02. The fourth-order valence-electron chi connectivity index (χ4n) is 2.26. The number of carbonyl (C=O) groups excluding carboxylic acids is 1. The summed E-state index contributed by atoms with van der Waals surface area (Å²) in [6, 6.07) is 4.86. The van der Waals surface area contributed by atoms with Gasteiger partial charge in [0.1, 0.15) is 0 Å². The van der Waals surface area contributed by atoms with Gasteiger partial charge in [0.25, 0.3) is 5.91 Å². The zero-order valence-electron chi connectivity index (χ0n) is 13.8. The molecule has 1 aliphatic carbocycles. The van der Waals surface area contributed by atoms with E-state index in [0.29, 0.717) is 12.1 Å². The summed E-state index contributed by atoms with van der Waals surface area (Å²) in [5.41, 5.74) is 1.15. The molecule has 0 aromatic heterocycles. The number of hydrogen-bond acceptors (Lipinski definition) is 4. The molecule has 1 aromatic rings. The van der Waals surface area contributed by atoms with E-state index < -0.39 is 10.0 Å². The molecule has 6 nitrogen and oxygen atoms in total. The normalized spacial score (nSPS) is 16.1. The Balaban J connectivity index is 2.11. The van der Waals surface area contributed by atoms with E-state index in [-0.39, 0.29) is 22.9 Å². The molecule has 0 bridgehead atoms. The number of sulfonamides is 1. The molecule has 2 rings (SSSR count). The van der Waals surface area contributed by atoms with Gasteiger partial charge < -0.3 is 10.6 Å². The highest BCUT2D eigenvalue weighted by Crippen LogP contribution is 2.23. The van der Waals surface area contributed by atoms with Crippen LogP contribution in [-0.2, 0) is 10.0 Å². The van der Waals surface area contributed by atoms with Gasteiger partial charge in [-0.2, -0.15) is 0 Å². The number of nitrogens with one attached hydrogen (secondary N) is 3. The van der Waals surface area contributed by atoms with Crippen molar-refractivity contribution in [3.05, 3.63) is 29.3 Å². The van der Waals surface area contributed by atoms with Crippen molar-refractivity contribution < 1.29 is 13.2 Å². The third-order valence-corrected chi connectivity index (χ3v) is 5.30. The first-order valence-corrected chi connectivity index (χ1v) is 9.46. The number of rotatable bonds is 8. The number of likely N-dealkylation sites (N-methyl/N-ethyl adjacent to an activating group) is 1. The summed E-state index contributed by atoms with van der Waals surface area (Å²) in [5, 5.41) is 6.05. The predicted molar refractivity (Wildman–Crippen MR) is 90.0 cm³/mol. The van der Waals surface area contributed by atoms with Gasteiger partial charge in [0.05, 0.1) is 4.90 Å². The molecule has 1 aliphatic rings. The van der Waals surface area contributed by atoms with E-state index in [1.165, 1.54) is 12.1 Å². The summed E-state index contributed by atoms with van der Waals surface area (Å²) < 4.78 is 27.2. The molecular formula is C16H25N3O3S. The number of hydrogen-bond donors (Lipinski definition) is 3. The summed E-state index contributed by atoms with van der Waals surface area (Å²) in [4.78, 5) is 12.5. The third-order valence-electron chi connectivity index (χ3n) is 3.78. The second kappa shape index (κ2) is 7.42. The van der Waals surface area contributed by atoms with Gasteiger partial charge in [-0.3, -0.25) is 4.79 Å². The van der Waals surface area contributed by atoms with Crippen molar-refractivity contribution in [3.63, 3.8) is 0 Å². The van der Waals surface area contributed by atoms with Crippen LogP contribution in [0.3, 0.4) is 0 Å². The van der Waals surface area contributed by atoms with Crippen LogP contribution in [0, 0.1) is 6.92 Å². The minimum Gasteiger partial charge on any atom is -0.350 e. The molecule has 128 valence electrons. The smallest absolute Gasteiger partial charge is 0.251 e. The van der Waals surface area contributed by atoms with E-state index in [0.717, 1.165) is 24.9 Å². The van der Waals surface area contributed by atoms with Gasteiger partial charge in [0.15, 0.2) is 0 Å². The van der Waals surface area contributed by atoms with Crippen LogP contribution in [0.1, 0.15) is 42.6 Å². The second-order valence-corrected chi connectivity index (χ2v) is 7.76. The molecule has 1 atom stereocenters. The lowest BCUT2D eigenvalue weighted by atomic mass is 10.1. The van der Waals surface area contributed by atoms with Crippen LogP contribution in [0.4, 0.5) is 0 Å². The summed E-state index contributed by atoms with van der Waals surface area (Å²) in [6.07, 6.45) is 1.75. The summed E-state index contributed by atoms with van der Waals surface area (Å²) in [6.45, 7) is 7.11. The van der Waals surface area contributed by atoms with Crippen molar-refractivity contribution in [1.29, 1.82) is 0 Å². The number of benzene rings is 1. The molecule has 0 aliphatic heterocycles. The minimum atomic E-state index is -3.55. The van der Waals surface area contributed by atoms with Gasteiger partial charge in [-0.05, 0) is 50.9 Å². The molecule has 0 saturated heterocycles. The van der Waals surface area contributed by atoms with E-state index in [4.69, 9.17) is 0 Å². The average Bonchev–Trinajstić information content (AvgIpc) is 3.28. The molecule has 3 N–H and O–H groups in total. The maximum atomic E-state index is 12.3. The van der Waals surface area contributed by atoms with E-state index in [1.807, 2.05) is 13.8 Å². The first kappa shape index (κ1) is 17.9. The number of aryl methyl sites for hydroxylation is 1. The molecule has 0 spiro atoms. The van der Waals surface area contributed by atoms with Gasteiger partial charge >= 0.3 is 0 Å². The van der Waals surface area contributed by atoms with Crippen LogP contribution in [0.15, 0.2) is 23.1 Å². The van der Waals surface area contributed by atoms with Crippen molar-refractivity contribution in [2.45, 2.75) is 50.6 Å². The van der Waals surface area contributed by atoms with E-state index in [1.54, 1.807) is 13.0 Å². The molecule has 0 unspecified atom stereocenters. The topological polar surface area (TPSA) is 87.3 Å². The Hall–Kier alpha value is -1.44. The summed E-state index contributed by atoms with van der Waals surface area (Å²) in [7, 11) is -3.55. The van der Waals surface area contributed by atoms with Crippen LogP contribution >= 0.6 is 0 Å². The summed E-state index contributed by atoms with van der Waals surface area (Å²) >= 11 is 0. The quantitative estimate of drug-likeness (QED) is 0.663. The minimum absolute atomic E-state index is 0.0412. The van der Waals surface area contributed by atoms with Crippen LogP contribution in [0.2, 0.25) is 0 Å². The molecule has 1 saturated carbocycles. The Bertz CT molecular complexity index is 669. The first-order chi connectivity index (χ1) is 10.8. The number of amides is 1. The highest BCUT2D eigenvalue weighted by atomic mass is 32.2. The zero-order chi connectivity index (χ0) is 17.0. The fraction of sp³-hybridized carbons (Fsp3) is 0.562. The van der Waals surface area contributed by atoms with Crippen LogP contribution in [-0.4, -0.2) is 39.5 Å². The van der Waals surface area contributed by atoms with Crippen molar-refractivity contribution in [2.75, 3.05) is 13.1 Å². The Labute approximate surface area is 138 Å². The Kier molecular flexibility index (Phi) is 5.78. The van der Waals surface area contributed by atoms with Gasteiger partial charge in [0, 0.05) is 24.2 Å². The van der Waals surface area contributed by atoms with Gasteiger partial charge in [-0.1, -0.05) is 13.0 Å². The lowest BCUT2D eigenvalue weighted by molar-refractivity contribution is 0.0949. The molecule has 1 aromatic carbocycles. The molecular weight excluding hydrogens is 314 g/mol. The molecule has 1 fully saturated rings. The lowest BCUT2D eigenvalue weighted by Gasteiger charge is -2.15. The average molecular weight is 339 g/mol. The highest BCUT2D eigenvalue weighted by Gasteiger charge is 2.28. The predicted octanol–water partition coefficient (Wildman–Crippen LogP) is 1.16. The van der Waals surface area contributed by atoms with E-state index >= 15 is 0 Å². The van der Waals surface area contributed by atoms with Gasteiger partial charge in [0.2, 0.25) is 10.0 Å². The maximum Gasteiger partial charge on any atom is 0.251 e. The Morgan fingerprint density at radius 1 is 1.35 bits per heavy atom. The van der Waals surface area contributed by atoms with Crippen molar-refractivity contribution in [2.24, 2.45) is 0 Å². The monoisotopic (exact) mass is 339 g/mol. The molecule has 7 heteroatoms. The Morgan fingerprint density at radius 2 is 2.04 bits per heavy atom. The standard InChI is InChI=1S/C16H25N3O3S/c1-4-17-12(3)10-18-16(20)15-9-14(8-5-11(15)2)23(21,22)19-13-6-7-13/h5,8-9,12-13,17,19H,4,6-7,10H2,1-3H3,(H,18,20)/t12-/m1/s1. The Morgan fingerprint density at radius 3 is 2.65 bits per heavy atom. The summed E-state index contributed by atoms with van der Waals surface area (Å²) in [5.74, 6) is -0.254. The zero-order valence-corrected chi connectivity index (χ0v) is 14.7. The fourth-order valence-corrected chi connectivity index (χ4v) is 3.59. The molecule has 0 radical (unpaired) electrons. The van der Waals surface area contributed by atoms with Gasteiger partial charge in [-0.25, -0.2) is 13.1 Å². The number of carbonyl (C=O) groups is 1. The van der Waals surface area contributed by atoms with E-state index in [9.17, 15) is 13.2 Å².